The molecule has 0 unspecified atom stereocenters. The molecule has 2 N–H and O–H groups in total. The first-order chi connectivity index (χ1) is 16.5. The molecule has 0 aliphatic rings. The minimum absolute atomic E-state index is 0.0287. The molecule has 2 aromatic carbocycles. The summed E-state index contributed by atoms with van der Waals surface area (Å²) in [6.45, 7) is 7.54. The second-order valence-corrected chi connectivity index (χ2v) is 18.7. The van der Waals surface area contributed by atoms with E-state index in [1.807, 2.05) is 0 Å². The van der Waals surface area contributed by atoms with Gasteiger partial charge >= 0.3 is 0 Å². The molecule has 0 aliphatic heterocycles. The lowest BCUT2D eigenvalue weighted by molar-refractivity contribution is -0.385. The van der Waals surface area contributed by atoms with Gasteiger partial charge in [0.15, 0.2) is 0 Å². The zero-order chi connectivity index (χ0) is 27.8. The van der Waals surface area contributed by atoms with Gasteiger partial charge in [-0.3, -0.25) is 20.2 Å². The molecule has 4 atom stereocenters. The molecule has 2 rings (SSSR count). The molecule has 0 saturated carbocycles. The van der Waals surface area contributed by atoms with Gasteiger partial charge in [0, 0.05) is 34.8 Å². The van der Waals surface area contributed by atoms with E-state index < -0.39 is 42.1 Å². The van der Waals surface area contributed by atoms with Crippen LogP contribution in [-0.2, 0) is 0 Å². The highest BCUT2D eigenvalue weighted by atomic mass is 32.3. The Morgan fingerprint density at radius 2 is 0.917 bits per heavy atom. The molecule has 0 aliphatic carbocycles. The second kappa shape index (κ2) is 13.0. The Morgan fingerprint density at radius 3 is 1.08 bits per heavy atom. The van der Waals surface area contributed by atoms with E-state index in [0.29, 0.717) is 11.1 Å². The molecule has 200 valence electrons. The summed E-state index contributed by atoms with van der Waals surface area (Å²) in [6.07, 6.45) is 14.8. The van der Waals surface area contributed by atoms with Crippen LogP contribution >= 0.6 is 20.1 Å². The molecule has 8 nitrogen and oxygen atoms in total. The van der Waals surface area contributed by atoms with Crippen LogP contribution in [0, 0.1) is 20.2 Å². The minimum atomic E-state index is -0.991. The molecule has 0 bridgehead atoms. The fraction of sp³-hybridized carbons (Fsp3) is 0.385. The summed E-state index contributed by atoms with van der Waals surface area (Å²) in [5, 5.41) is 41.7. The summed E-state index contributed by atoms with van der Waals surface area (Å²) >= 11 is 0. The van der Waals surface area contributed by atoms with E-state index in [9.17, 15) is 30.4 Å². The second-order valence-electron chi connectivity index (χ2n) is 9.85. The van der Waals surface area contributed by atoms with Crippen molar-refractivity contribution in [1.82, 2.24) is 0 Å². The molecule has 0 heterocycles. The number of hydrogen-bond donors (Lipinski definition) is 2. The summed E-state index contributed by atoms with van der Waals surface area (Å²) in [5.74, 6) is 0. The fourth-order valence-corrected chi connectivity index (χ4v) is 6.59. The lowest BCUT2D eigenvalue weighted by Crippen LogP contribution is -2.21. The van der Waals surface area contributed by atoms with Crippen molar-refractivity contribution < 1.29 is 20.1 Å². The van der Waals surface area contributed by atoms with Gasteiger partial charge < -0.3 is 10.2 Å². The quantitative estimate of drug-likeness (QED) is 0.225. The molecule has 10 heteroatoms. The van der Waals surface area contributed by atoms with Crippen LogP contribution in [0.2, 0.25) is 0 Å². The van der Waals surface area contributed by atoms with Crippen molar-refractivity contribution in [3.8, 4) is 0 Å². The lowest BCUT2D eigenvalue weighted by atomic mass is 10.1. The van der Waals surface area contributed by atoms with Gasteiger partial charge in [0.25, 0.3) is 11.4 Å². The number of nitro groups is 2. The Bertz CT molecular complexity index is 959. The van der Waals surface area contributed by atoms with Crippen LogP contribution in [0.3, 0.4) is 0 Å². The van der Waals surface area contributed by atoms with Crippen molar-refractivity contribution >= 4 is 31.4 Å². The van der Waals surface area contributed by atoms with Crippen molar-refractivity contribution in [2.45, 2.75) is 22.7 Å². The number of rotatable bonds is 10. The lowest BCUT2D eigenvalue weighted by Gasteiger charge is -2.37. The van der Waals surface area contributed by atoms with Crippen LogP contribution in [0.5, 0.6) is 0 Å². The standard InChI is InChI=1S/2C13H19NO3S/c2*1-5-12(18(2,3)4)13(15)10-6-8-11(9-7-10)14(16)17/h2*5-9,12-13,15H,1H2,2-4H3/t2*12-,13+/m11/s1. The van der Waals surface area contributed by atoms with Gasteiger partial charge in [0.05, 0.1) is 22.1 Å². The Hall–Kier alpha value is -2.66. The SMILES string of the molecule is C=C[C@H]([C@@H](O)c1ccc([N+](=O)[O-])cc1)S(C)(C)C.C=C[C@H]([C@@H](O)c1ccc([N+](=O)[O-])cc1)S(C)(C)C. The first kappa shape index (κ1) is 31.4. The van der Waals surface area contributed by atoms with Crippen LogP contribution in [0.1, 0.15) is 23.3 Å². The molecule has 0 spiro atoms. The molecular formula is C26H38N2O6S2. The molecule has 0 aromatic heterocycles. The van der Waals surface area contributed by atoms with E-state index in [4.69, 9.17) is 0 Å². The largest absolute Gasteiger partial charge is 0.387 e. The van der Waals surface area contributed by atoms with Gasteiger partial charge in [-0.05, 0) is 72.9 Å². The smallest absolute Gasteiger partial charge is 0.269 e. The molecule has 2 aromatic rings. The molecule has 0 amide bonds. The maximum atomic E-state index is 10.6. The van der Waals surface area contributed by atoms with Crippen molar-refractivity contribution in [2.24, 2.45) is 0 Å². The van der Waals surface area contributed by atoms with E-state index in [-0.39, 0.29) is 21.9 Å². The van der Waals surface area contributed by atoms with Crippen LogP contribution < -0.4 is 0 Å². The number of nitrogens with zero attached hydrogens (tertiary/aromatic N) is 2. The van der Waals surface area contributed by atoms with Gasteiger partial charge in [-0.15, -0.1) is 13.2 Å². The highest BCUT2D eigenvalue weighted by Gasteiger charge is 2.27. The summed E-state index contributed by atoms with van der Waals surface area (Å²) < 4.78 is 0. The molecule has 0 saturated heterocycles. The average molecular weight is 539 g/mol. The predicted molar refractivity (Wildman–Crippen MR) is 155 cm³/mol. The van der Waals surface area contributed by atoms with Gasteiger partial charge in [-0.2, -0.15) is 0 Å². The van der Waals surface area contributed by atoms with E-state index in [1.54, 1.807) is 36.4 Å². The summed E-state index contributed by atoms with van der Waals surface area (Å²) in [7, 11) is -1.98. The van der Waals surface area contributed by atoms with Crippen LogP contribution in [0.4, 0.5) is 11.4 Å². The van der Waals surface area contributed by atoms with Crippen LogP contribution in [0.15, 0.2) is 73.8 Å². The molecular weight excluding hydrogens is 500 g/mol. The summed E-state index contributed by atoms with van der Waals surface area (Å²) in [4.78, 5) is 20.2. The third-order valence-electron chi connectivity index (χ3n) is 5.61. The van der Waals surface area contributed by atoms with E-state index >= 15 is 0 Å². The molecule has 0 radical (unpaired) electrons. The maximum Gasteiger partial charge on any atom is 0.269 e. The van der Waals surface area contributed by atoms with Crippen LogP contribution in [0.25, 0.3) is 0 Å². The van der Waals surface area contributed by atoms with Crippen molar-refractivity contribution in [1.29, 1.82) is 0 Å². The number of non-ortho nitro benzene ring substituents is 2. The van der Waals surface area contributed by atoms with Crippen molar-refractivity contribution in [2.75, 3.05) is 37.5 Å². The monoisotopic (exact) mass is 538 g/mol. The van der Waals surface area contributed by atoms with Gasteiger partial charge in [0.1, 0.15) is 0 Å². The van der Waals surface area contributed by atoms with Crippen molar-refractivity contribution in [3.05, 3.63) is 105 Å². The number of benzene rings is 2. The third-order valence-corrected chi connectivity index (χ3v) is 9.78. The predicted octanol–water partition coefficient (Wildman–Crippen LogP) is 5.75. The average Bonchev–Trinajstić information content (AvgIpc) is 2.78. The van der Waals surface area contributed by atoms with E-state index in [1.165, 1.54) is 24.3 Å². The zero-order valence-corrected chi connectivity index (χ0v) is 23.4. The summed E-state index contributed by atoms with van der Waals surface area (Å²) in [5.41, 5.74) is 1.44. The normalized spacial score (nSPS) is 15.8. The highest BCUT2D eigenvalue weighted by Crippen LogP contribution is 2.48. The number of hydrogen-bond acceptors (Lipinski definition) is 6. The molecule has 0 fully saturated rings. The Kier molecular flexibility index (Phi) is 11.4. The fourth-order valence-electron chi connectivity index (χ4n) is 3.57. The number of aliphatic hydroxyl groups excluding tert-OH is 2. The van der Waals surface area contributed by atoms with Gasteiger partial charge in [-0.1, -0.05) is 12.2 Å². The Labute approximate surface area is 216 Å². The van der Waals surface area contributed by atoms with Gasteiger partial charge in [-0.25, -0.2) is 20.1 Å². The topological polar surface area (TPSA) is 127 Å². The van der Waals surface area contributed by atoms with Crippen molar-refractivity contribution in [3.63, 3.8) is 0 Å². The van der Waals surface area contributed by atoms with Gasteiger partial charge in [0.2, 0.25) is 0 Å². The highest BCUT2D eigenvalue weighted by molar-refractivity contribution is 8.33. The zero-order valence-electron chi connectivity index (χ0n) is 21.7. The third kappa shape index (κ3) is 8.77. The minimum Gasteiger partial charge on any atom is -0.387 e. The number of nitro benzene ring substituents is 2. The van der Waals surface area contributed by atoms with E-state index in [0.717, 1.165) is 0 Å². The summed E-state index contributed by atoms with van der Waals surface area (Å²) in [6, 6.07) is 12.1. The first-order valence-electron chi connectivity index (χ1n) is 11.0. The Morgan fingerprint density at radius 1 is 0.667 bits per heavy atom. The van der Waals surface area contributed by atoms with E-state index in [2.05, 4.69) is 50.7 Å². The molecule has 36 heavy (non-hydrogen) atoms. The first-order valence-corrected chi connectivity index (χ1v) is 16.8. The Balaban J connectivity index is 0.000000360. The number of aliphatic hydroxyl groups is 2. The van der Waals surface area contributed by atoms with Crippen LogP contribution in [-0.4, -0.2) is 68.1 Å². The maximum absolute atomic E-state index is 10.6.